The molecule has 0 N–H and O–H groups in total. The molecule has 1 aromatic heterocycles. The van der Waals surface area contributed by atoms with Crippen molar-refractivity contribution < 1.29 is 9.53 Å². The number of hydrogen-bond donors (Lipinski definition) is 0. The number of piperidine rings is 1. The quantitative estimate of drug-likeness (QED) is 0.853. The van der Waals surface area contributed by atoms with E-state index in [0.29, 0.717) is 17.1 Å². The van der Waals surface area contributed by atoms with Gasteiger partial charge in [0.1, 0.15) is 0 Å². The first-order chi connectivity index (χ1) is 9.22. The van der Waals surface area contributed by atoms with Crippen molar-refractivity contribution in [1.29, 1.82) is 0 Å². The van der Waals surface area contributed by atoms with E-state index in [1.807, 2.05) is 4.90 Å². The lowest BCUT2D eigenvalue weighted by molar-refractivity contribution is 0.00211. The van der Waals surface area contributed by atoms with E-state index in [9.17, 15) is 4.79 Å². The molecule has 1 fully saturated rings. The largest absolute Gasteiger partial charge is 0.376 e. The van der Waals surface area contributed by atoms with Crippen LogP contribution in [0.4, 0.5) is 0 Å². The maximum Gasteiger partial charge on any atom is 0.255 e. The number of halogens is 1. The molecule has 4 nitrogen and oxygen atoms in total. The van der Waals surface area contributed by atoms with E-state index >= 15 is 0 Å². The highest BCUT2D eigenvalue weighted by Gasteiger charge is 2.25. The zero-order valence-corrected chi connectivity index (χ0v) is 11.9. The minimum Gasteiger partial charge on any atom is -0.376 e. The van der Waals surface area contributed by atoms with Crippen LogP contribution in [0.25, 0.3) is 0 Å². The first kappa shape index (κ1) is 14.3. The Morgan fingerprint density at radius 3 is 3.21 bits per heavy atom. The Kier molecular flexibility index (Phi) is 5.16. The lowest BCUT2D eigenvalue weighted by atomic mass is 10.1. The van der Waals surface area contributed by atoms with Crippen molar-refractivity contribution in [1.82, 2.24) is 9.88 Å². The van der Waals surface area contributed by atoms with Crippen molar-refractivity contribution in [3.63, 3.8) is 0 Å². The van der Waals surface area contributed by atoms with Crippen LogP contribution in [0.15, 0.2) is 18.5 Å². The van der Waals surface area contributed by atoms with Gasteiger partial charge in [0, 0.05) is 32.1 Å². The summed E-state index contributed by atoms with van der Waals surface area (Å²) in [5.41, 5.74) is 0.521. The van der Waals surface area contributed by atoms with E-state index in [-0.39, 0.29) is 12.0 Å². The highest BCUT2D eigenvalue weighted by molar-refractivity contribution is 6.33. The molecule has 5 heteroatoms. The molecule has 2 rings (SSSR count). The average Bonchev–Trinajstić information content (AvgIpc) is 2.45. The summed E-state index contributed by atoms with van der Waals surface area (Å²) in [6.45, 7) is 4.26. The Balaban J connectivity index is 2.01. The molecular weight excluding hydrogens is 264 g/mol. The second-order valence-electron chi connectivity index (χ2n) is 4.74. The SMILES string of the molecule is CCCOC1CCCN(C(=O)c2ccncc2Cl)C1. The number of carbonyl (C=O) groups excluding carboxylic acids is 1. The number of ether oxygens (including phenoxy) is 1. The second-order valence-corrected chi connectivity index (χ2v) is 5.15. The first-order valence-corrected chi connectivity index (χ1v) is 7.10. The zero-order valence-electron chi connectivity index (χ0n) is 11.1. The van der Waals surface area contributed by atoms with Crippen LogP contribution in [-0.2, 0) is 4.74 Å². The predicted octanol–water partition coefficient (Wildman–Crippen LogP) is 2.77. The van der Waals surface area contributed by atoms with Gasteiger partial charge >= 0.3 is 0 Å². The molecule has 0 aromatic carbocycles. The van der Waals surface area contributed by atoms with Crippen molar-refractivity contribution in [3.05, 3.63) is 29.0 Å². The van der Waals surface area contributed by atoms with Crippen molar-refractivity contribution in [2.24, 2.45) is 0 Å². The molecule has 0 radical (unpaired) electrons. The van der Waals surface area contributed by atoms with E-state index in [0.717, 1.165) is 32.4 Å². The Hall–Kier alpha value is -1.13. The van der Waals surface area contributed by atoms with Gasteiger partial charge in [-0.15, -0.1) is 0 Å². The van der Waals surface area contributed by atoms with Crippen molar-refractivity contribution >= 4 is 17.5 Å². The Morgan fingerprint density at radius 2 is 2.47 bits per heavy atom. The van der Waals surface area contributed by atoms with Gasteiger partial charge in [0.25, 0.3) is 5.91 Å². The fourth-order valence-electron chi connectivity index (χ4n) is 2.26. The smallest absolute Gasteiger partial charge is 0.255 e. The van der Waals surface area contributed by atoms with Gasteiger partial charge in [-0.3, -0.25) is 9.78 Å². The van der Waals surface area contributed by atoms with Crippen LogP contribution in [0.2, 0.25) is 5.02 Å². The third-order valence-corrected chi connectivity index (χ3v) is 3.53. The lowest BCUT2D eigenvalue weighted by Crippen LogP contribution is -2.43. The molecule has 1 aliphatic rings. The van der Waals surface area contributed by atoms with Crippen LogP contribution in [-0.4, -0.2) is 41.6 Å². The molecule has 1 aliphatic heterocycles. The number of carbonyl (C=O) groups is 1. The van der Waals surface area contributed by atoms with Gasteiger partial charge < -0.3 is 9.64 Å². The summed E-state index contributed by atoms with van der Waals surface area (Å²) in [4.78, 5) is 18.1. The third kappa shape index (κ3) is 3.67. The average molecular weight is 283 g/mol. The molecule has 0 aliphatic carbocycles. The van der Waals surface area contributed by atoms with Crippen LogP contribution in [0, 0.1) is 0 Å². The fourth-order valence-corrected chi connectivity index (χ4v) is 2.46. The topological polar surface area (TPSA) is 42.4 Å². The predicted molar refractivity (Wildman–Crippen MR) is 74.4 cm³/mol. The van der Waals surface area contributed by atoms with E-state index in [2.05, 4.69) is 11.9 Å². The van der Waals surface area contributed by atoms with E-state index < -0.39 is 0 Å². The molecule has 1 amide bonds. The molecule has 19 heavy (non-hydrogen) atoms. The summed E-state index contributed by atoms with van der Waals surface area (Å²) in [5, 5.41) is 0.407. The number of rotatable bonds is 4. The zero-order chi connectivity index (χ0) is 13.7. The van der Waals surface area contributed by atoms with Gasteiger partial charge in [0.15, 0.2) is 0 Å². The summed E-state index contributed by atoms with van der Waals surface area (Å²) >= 11 is 6.02. The van der Waals surface area contributed by atoms with Crippen molar-refractivity contribution in [2.45, 2.75) is 32.3 Å². The van der Waals surface area contributed by atoms with Crippen LogP contribution < -0.4 is 0 Å². The van der Waals surface area contributed by atoms with Gasteiger partial charge in [0.05, 0.1) is 16.7 Å². The monoisotopic (exact) mass is 282 g/mol. The highest BCUT2D eigenvalue weighted by atomic mass is 35.5. The first-order valence-electron chi connectivity index (χ1n) is 6.72. The second kappa shape index (κ2) is 6.87. The van der Waals surface area contributed by atoms with Crippen LogP contribution in [0.3, 0.4) is 0 Å². The molecule has 1 aromatic rings. The summed E-state index contributed by atoms with van der Waals surface area (Å²) in [7, 11) is 0. The molecule has 0 spiro atoms. The molecule has 1 saturated heterocycles. The number of pyridine rings is 1. The van der Waals surface area contributed by atoms with Crippen molar-refractivity contribution in [3.8, 4) is 0 Å². The van der Waals surface area contributed by atoms with Crippen LogP contribution in [0.5, 0.6) is 0 Å². The summed E-state index contributed by atoms with van der Waals surface area (Å²) < 4.78 is 5.74. The van der Waals surface area contributed by atoms with Crippen LogP contribution >= 0.6 is 11.6 Å². The van der Waals surface area contributed by atoms with Gasteiger partial charge in [-0.1, -0.05) is 18.5 Å². The molecule has 0 saturated carbocycles. The van der Waals surface area contributed by atoms with Gasteiger partial charge in [-0.05, 0) is 25.3 Å². The maximum absolute atomic E-state index is 12.4. The fraction of sp³-hybridized carbons (Fsp3) is 0.571. The van der Waals surface area contributed by atoms with Crippen molar-refractivity contribution in [2.75, 3.05) is 19.7 Å². The number of hydrogen-bond acceptors (Lipinski definition) is 3. The Bertz CT molecular complexity index is 439. The highest BCUT2D eigenvalue weighted by Crippen LogP contribution is 2.20. The molecule has 1 atom stereocenters. The molecular formula is C14H19ClN2O2. The minimum absolute atomic E-state index is 0.0304. The Labute approximate surface area is 118 Å². The van der Waals surface area contributed by atoms with E-state index in [1.165, 1.54) is 6.20 Å². The molecule has 104 valence electrons. The normalized spacial score (nSPS) is 19.5. The number of aromatic nitrogens is 1. The maximum atomic E-state index is 12.4. The third-order valence-electron chi connectivity index (χ3n) is 3.23. The Morgan fingerprint density at radius 1 is 1.63 bits per heavy atom. The molecule has 2 heterocycles. The van der Waals surface area contributed by atoms with Gasteiger partial charge in [-0.2, -0.15) is 0 Å². The lowest BCUT2D eigenvalue weighted by Gasteiger charge is -2.32. The van der Waals surface area contributed by atoms with Gasteiger partial charge in [-0.25, -0.2) is 0 Å². The summed E-state index contributed by atoms with van der Waals surface area (Å²) in [6.07, 6.45) is 6.24. The van der Waals surface area contributed by atoms with Gasteiger partial charge in [0.2, 0.25) is 0 Å². The number of amides is 1. The minimum atomic E-state index is -0.0304. The van der Waals surface area contributed by atoms with Crippen LogP contribution in [0.1, 0.15) is 36.5 Å². The molecule has 0 bridgehead atoms. The summed E-state index contributed by atoms with van der Waals surface area (Å²) in [6, 6.07) is 1.67. The number of nitrogens with zero attached hydrogens (tertiary/aromatic N) is 2. The standard InChI is InChI=1S/C14H19ClN2O2/c1-2-8-19-11-4-3-7-17(10-11)14(18)12-5-6-16-9-13(12)15/h5-6,9,11H,2-4,7-8,10H2,1H3. The molecule has 1 unspecified atom stereocenters. The summed E-state index contributed by atoms with van der Waals surface area (Å²) in [5.74, 6) is -0.0304. The van der Waals surface area contributed by atoms with E-state index in [4.69, 9.17) is 16.3 Å². The van der Waals surface area contributed by atoms with E-state index in [1.54, 1.807) is 12.3 Å². The number of likely N-dealkylation sites (tertiary alicyclic amines) is 1.